The lowest BCUT2D eigenvalue weighted by molar-refractivity contribution is 0.373. The van der Waals surface area contributed by atoms with E-state index in [-0.39, 0.29) is 0 Å². The van der Waals surface area contributed by atoms with Gasteiger partial charge in [0.05, 0.1) is 11.9 Å². The first-order valence-corrected chi connectivity index (χ1v) is 10.1. The second-order valence-electron chi connectivity index (χ2n) is 7.38. The molecule has 6 nitrogen and oxygen atoms in total. The molecule has 2 aromatic heterocycles. The number of pyridine rings is 1. The summed E-state index contributed by atoms with van der Waals surface area (Å²) in [5, 5.41) is 15.6. The van der Waals surface area contributed by atoms with Crippen molar-refractivity contribution in [2.45, 2.75) is 32.1 Å². The molecule has 1 aromatic carbocycles. The van der Waals surface area contributed by atoms with Crippen LogP contribution in [0.25, 0.3) is 11.1 Å². The molecule has 29 heavy (non-hydrogen) atoms. The van der Waals surface area contributed by atoms with E-state index in [1.54, 1.807) is 18.3 Å². The molecule has 3 aromatic rings. The summed E-state index contributed by atoms with van der Waals surface area (Å²) >= 11 is 0. The van der Waals surface area contributed by atoms with Crippen LogP contribution < -0.4 is 10.6 Å². The molecule has 0 aliphatic heterocycles. The standard InChI is InChI=1S/C23H24N6/c24-13-19-11-12-20(15-25-19)28-23-27-16-21(18-9-5-2-6-10-18)22(29-23)26-14-17-7-3-1-4-8-17/h2,5-6,9-12,15-17H,1,3-4,7-8,14H2,(H2,26,27,28,29). The number of rotatable bonds is 6. The van der Waals surface area contributed by atoms with Crippen molar-refractivity contribution in [3.63, 3.8) is 0 Å². The van der Waals surface area contributed by atoms with Gasteiger partial charge in [-0.2, -0.15) is 10.2 Å². The first kappa shape index (κ1) is 18.9. The first-order chi connectivity index (χ1) is 14.3. The maximum absolute atomic E-state index is 8.89. The Labute approximate surface area is 171 Å². The molecule has 0 atom stereocenters. The molecule has 0 saturated heterocycles. The van der Waals surface area contributed by atoms with E-state index in [2.05, 4.69) is 32.7 Å². The molecule has 0 amide bonds. The fraction of sp³-hybridized carbons (Fsp3) is 0.304. The van der Waals surface area contributed by atoms with E-state index in [1.165, 1.54) is 32.1 Å². The zero-order chi connectivity index (χ0) is 19.9. The molecule has 146 valence electrons. The van der Waals surface area contributed by atoms with Gasteiger partial charge >= 0.3 is 0 Å². The predicted octanol–water partition coefficient (Wildman–Crippen LogP) is 5.15. The van der Waals surface area contributed by atoms with E-state index >= 15 is 0 Å². The van der Waals surface area contributed by atoms with Crippen LogP contribution in [0.4, 0.5) is 17.5 Å². The summed E-state index contributed by atoms with van der Waals surface area (Å²) in [5.41, 5.74) is 3.20. The van der Waals surface area contributed by atoms with Gasteiger partial charge in [-0.3, -0.25) is 0 Å². The molecule has 4 rings (SSSR count). The summed E-state index contributed by atoms with van der Waals surface area (Å²) in [5.74, 6) is 2.03. The van der Waals surface area contributed by atoms with Crippen LogP contribution in [0.5, 0.6) is 0 Å². The minimum Gasteiger partial charge on any atom is -0.369 e. The van der Waals surface area contributed by atoms with E-state index in [0.717, 1.165) is 29.2 Å². The Morgan fingerprint density at radius 1 is 0.966 bits per heavy atom. The van der Waals surface area contributed by atoms with Gasteiger partial charge in [-0.1, -0.05) is 49.6 Å². The molecule has 0 spiro atoms. The highest BCUT2D eigenvalue weighted by atomic mass is 15.1. The third-order valence-corrected chi connectivity index (χ3v) is 5.29. The van der Waals surface area contributed by atoms with Crippen molar-refractivity contribution in [2.24, 2.45) is 5.92 Å². The highest BCUT2D eigenvalue weighted by Gasteiger charge is 2.15. The van der Waals surface area contributed by atoms with Crippen molar-refractivity contribution in [3.05, 3.63) is 60.6 Å². The lowest BCUT2D eigenvalue weighted by Crippen LogP contribution is -2.18. The Hall–Kier alpha value is -3.46. The number of nitriles is 1. The van der Waals surface area contributed by atoms with Crippen molar-refractivity contribution in [2.75, 3.05) is 17.2 Å². The van der Waals surface area contributed by atoms with Crippen molar-refractivity contribution in [3.8, 4) is 17.2 Å². The molecule has 0 bridgehead atoms. The summed E-state index contributed by atoms with van der Waals surface area (Å²) in [6, 6.07) is 15.7. The average Bonchev–Trinajstić information content (AvgIpc) is 2.79. The molecule has 0 radical (unpaired) electrons. The van der Waals surface area contributed by atoms with Gasteiger partial charge in [0.25, 0.3) is 0 Å². The summed E-state index contributed by atoms with van der Waals surface area (Å²) < 4.78 is 0. The number of aromatic nitrogens is 3. The fourth-order valence-corrected chi connectivity index (χ4v) is 3.70. The van der Waals surface area contributed by atoms with Crippen LogP contribution >= 0.6 is 0 Å². The Kier molecular flexibility index (Phi) is 5.96. The van der Waals surface area contributed by atoms with Gasteiger partial charge in [0.1, 0.15) is 17.6 Å². The molecule has 2 heterocycles. The molecule has 1 aliphatic rings. The van der Waals surface area contributed by atoms with Crippen LogP contribution in [0, 0.1) is 17.2 Å². The smallest absolute Gasteiger partial charge is 0.229 e. The summed E-state index contributed by atoms with van der Waals surface area (Å²) in [7, 11) is 0. The van der Waals surface area contributed by atoms with Crippen LogP contribution in [0.3, 0.4) is 0 Å². The molecule has 6 heteroatoms. The van der Waals surface area contributed by atoms with Gasteiger partial charge in [0, 0.05) is 18.3 Å². The van der Waals surface area contributed by atoms with E-state index < -0.39 is 0 Å². The fourth-order valence-electron chi connectivity index (χ4n) is 3.70. The number of anilines is 3. The third kappa shape index (κ3) is 4.88. The SMILES string of the molecule is N#Cc1ccc(Nc2ncc(-c3ccccc3)c(NCC3CCCCC3)n2)cn1. The number of benzene rings is 1. The first-order valence-electron chi connectivity index (χ1n) is 10.1. The molecule has 0 unspecified atom stereocenters. The largest absolute Gasteiger partial charge is 0.369 e. The van der Waals surface area contributed by atoms with Crippen LogP contribution in [0.1, 0.15) is 37.8 Å². The van der Waals surface area contributed by atoms with Gasteiger partial charge in [-0.25, -0.2) is 9.97 Å². The molecular weight excluding hydrogens is 360 g/mol. The van der Waals surface area contributed by atoms with Crippen molar-refractivity contribution in [1.82, 2.24) is 15.0 Å². The zero-order valence-electron chi connectivity index (χ0n) is 16.3. The summed E-state index contributed by atoms with van der Waals surface area (Å²) in [6.45, 7) is 0.925. The topological polar surface area (TPSA) is 86.5 Å². The molecule has 1 saturated carbocycles. The Balaban J connectivity index is 1.57. The van der Waals surface area contributed by atoms with Crippen molar-refractivity contribution < 1.29 is 0 Å². The van der Waals surface area contributed by atoms with E-state index in [4.69, 9.17) is 10.2 Å². The molecule has 1 fully saturated rings. The Morgan fingerprint density at radius 2 is 1.79 bits per heavy atom. The monoisotopic (exact) mass is 384 g/mol. The lowest BCUT2D eigenvalue weighted by atomic mass is 9.89. The normalized spacial score (nSPS) is 14.2. The maximum atomic E-state index is 8.89. The van der Waals surface area contributed by atoms with Gasteiger partial charge < -0.3 is 10.6 Å². The highest BCUT2D eigenvalue weighted by Crippen LogP contribution is 2.29. The lowest BCUT2D eigenvalue weighted by Gasteiger charge is -2.23. The molecule has 1 aliphatic carbocycles. The minimum absolute atomic E-state index is 0.380. The zero-order valence-corrected chi connectivity index (χ0v) is 16.3. The minimum atomic E-state index is 0.380. The van der Waals surface area contributed by atoms with E-state index in [0.29, 0.717) is 17.6 Å². The number of nitrogens with zero attached hydrogens (tertiary/aromatic N) is 4. The summed E-state index contributed by atoms with van der Waals surface area (Å²) in [4.78, 5) is 13.3. The highest BCUT2D eigenvalue weighted by molar-refractivity contribution is 5.75. The van der Waals surface area contributed by atoms with Gasteiger partial charge in [-0.15, -0.1) is 0 Å². The summed E-state index contributed by atoms with van der Waals surface area (Å²) in [6.07, 6.45) is 10.0. The van der Waals surface area contributed by atoms with Gasteiger partial charge in [0.2, 0.25) is 5.95 Å². The van der Waals surface area contributed by atoms with Crippen molar-refractivity contribution >= 4 is 17.5 Å². The third-order valence-electron chi connectivity index (χ3n) is 5.29. The van der Waals surface area contributed by atoms with Crippen LogP contribution in [-0.4, -0.2) is 21.5 Å². The molecule has 2 N–H and O–H groups in total. The second kappa shape index (κ2) is 9.16. The van der Waals surface area contributed by atoms with E-state index in [1.807, 2.05) is 30.5 Å². The number of hydrogen-bond donors (Lipinski definition) is 2. The molecular formula is C23H24N6. The number of hydrogen-bond acceptors (Lipinski definition) is 6. The quantitative estimate of drug-likeness (QED) is 0.611. The Bertz CT molecular complexity index is 972. The average molecular weight is 384 g/mol. The van der Waals surface area contributed by atoms with Crippen LogP contribution in [-0.2, 0) is 0 Å². The number of nitrogens with one attached hydrogen (secondary N) is 2. The predicted molar refractivity (Wildman–Crippen MR) is 115 cm³/mol. The second-order valence-corrected chi connectivity index (χ2v) is 7.38. The maximum Gasteiger partial charge on any atom is 0.229 e. The van der Waals surface area contributed by atoms with E-state index in [9.17, 15) is 0 Å². The van der Waals surface area contributed by atoms with Gasteiger partial charge in [0.15, 0.2) is 0 Å². The van der Waals surface area contributed by atoms with Crippen LogP contribution in [0.2, 0.25) is 0 Å². The van der Waals surface area contributed by atoms with Crippen molar-refractivity contribution in [1.29, 1.82) is 5.26 Å². The van der Waals surface area contributed by atoms with Gasteiger partial charge in [-0.05, 0) is 36.5 Å². The van der Waals surface area contributed by atoms with Crippen LogP contribution in [0.15, 0.2) is 54.9 Å². The Morgan fingerprint density at radius 3 is 2.52 bits per heavy atom.